The Kier molecular flexibility index (Phi) is 5.78. The zero-order valence-corrected chi connectivity index (χ0v) is 13.7. The summed E-state index contributed by atoms with van der Waals surface area (Å²) in [4.78, 5) is 0. The Labute approximate surface area is 136 Å². The van der Waals surface area contributed by atoms with Gasteiger partial charge in [-0.3, -0.25) is 0 Å². The standard InChI is InChI=1S/C17H26N2O4/c1-12-13(2)19(16-6-4-3-5-15(12)16)8-14(23)7-18-17(9-20,10-21)11-22/h3-6,14,18,20-23H,7-11H2,1-2H3/t14-/m1/s1. The highest BCUT2D eigenvalue weighted by atomic mass is 16.3. The normalized spacial score (nSPS) is 13.7. The molecule has 0 saturated carbocycles. The van der Waals surface area contributed by atoms with Crippen molar-refractivity contribution < 1.29 is 20.4 Å². The minimum atomic E-state index is -1.18. The van der Waals surface area contributed by atoms with E-state index in [4.69, 9.17) is 0 Å². The largest absolute Gasteiger partial charge is 0.394 e. The molecule has 6 nitrogen and oxygen atoms in total. The first kappa shape index (κ1) is 17.9. The van der Waals surface area contributed by atoms with Gasteiger partial charge in [-0.25, -0.2) is 0 Å². The quantitative estimate of drug-likeness (QED) is 0.468. The number of nitrogens with zero attached hydrogens (tertiary/aromatic N) is 1. The van der Waals surface area contributed by atoms with Crippen LogP contribution in [0.5, 0.6) is 0 Å². The van der Waals surface area contributed by atoms with Crippen molar-refractivity contribution in [1.82, 2.24) is 9.88 Å². The second kappa shape index (κ2) is 7.42. The van der Waals surface area contributed by atoms with Gasteiger partial charge in [0.15, 0.2) is 0 Å². The number of aliphatic hydroxyl groups is 4. The second-order valence-electron chi connectivity index (χ2n) is 6.13. The summed E-state index contributed by atoms with van der Waals surface area (Å²) in [6.07, 6.45) is -0.715. The Hall–Kier alpha value is -1.44. The van der Waals surface area contributed by atoms with Gasteiger partial charge in [-0.1, -0.05) is 18.2 Å². The average molecular weight is 322 g/mol. The zero-order valence-electron chi connectivity index (χ0n) is 13.7. The number of aliphatic hydroxyl groups excluding tert-OH is 4. The van der Waals surface area contributed by atoms with Crippen molar-refractivity contribution in [2.75, 3.05) is 26.4 Å². The summed E-state index contributed by atoms with van der Waals surface area (Å²) in [5.41, 5.74) is 2.18. The number of nitrogens with one attached hydrogen (secondary N) is 1. The first-order valence-electron chi connectivity index (χ1n) is 7.78. The second-order valence-corrected chi connectivity index (χ2v) is 6.13. The fourth-order valence-electron chi connectivity index (χ4n) is 2.77. The Bertz CT molecular complexity index is 641. The van der Waals surface area contributed by atoms with E-state index in [1.54, 1.807) is 0 Å². The molecule has 2 aromatic rings. The Morgan fingerprint density at radius 2 is 1.70 bits per heavy atom. The summed E-state index contributed by atoms with van der Waals surface area (Å²) >= 11 is 0. The third-order valence-electron chi connectivity index (χ3n) is 4.56. The van der Waals surface area contributed by atoms with Gasteiger partial charge >= 0.3 is 0 Å². The number of para-hydroxylation sites is 1. The maximum atomic E-state index is 10.3. The van der Waals surface area contributed by atoms with Crippen LogP contribution in [0.3, 0.4) is 0 Å². The molecule has 0 spiro atoms. The van der Waals surface area contributed by atoms with Crippen molar-refractivity contribution in [2.45, 2.75) is 32.0 Å². The molecule has 128 valence electrons. The highest BCUT2D eigenvalue weighted by molar-refractivity contribution is 5.85. The Balaban J connectivity index is 2.12. The number of hydrogen-bond acceptors (Lipinski definition) is 5. The van der Waals surface area contributed by atoms with E-state index in [1.807, 2.05) is 25.1 Å². The van der Waals surface area contributed by atoms with Gasteiger partial charge < -0.3 is 30.3 Å². The minimum absolute atomic E-state index is 0.159. The molecule has 6 heteroatoms. The number of β-amino-alcohol motifs (C(OH)–C–C–N with tert-alkyl or cyclic N) is 1. The molecule has 0 amide bonds. The molecule has 0 radical (unpaired) electrons. The molecular formula is C17H26N2O4. The van der Waals surface area contributed by atoms with E-state index in [9.17, 15) is 20.4 Å². The molecule has 0 fully saturated rings. The van der Waals surface area contributed by atoms with Crippen molar-refractivity contribution in [2.24, 2.45) is 0 Å². The van der Waals surface area contributed by atoms with Crippen LogP contribution in [-0.4, -0.2) is 63.0 Å². The van der Waals surface area contributed by atoms with Gasteiger partial charge in [-0.2, -0.15) is 0 Å². The van der Waals surface area contributed by atoms with Crippen molar-refractivity contribution in [3.05, 3.63) is 35.5 Å². The molecule has 23 heavy (non-hydrogen) atoms. The molecule has 0 aliphatic carbocycles. The van der Waals surface area contributed by atoms with Crippen molar-refractivity contribution in [3.63, 3.8) is 0 Å². The maximum absolute atomic E-state index is 10.3. The first-order valence-corrected chi connectivity index (χ1v) is 7.78. The zero-order chi connectivity index (χ0) is 17.0. The van der Waals surface area contributed by atoms with Crippen LogP contribution >= 0.6 is 0 Å². The lowest BCUT2D eigenvalue weighted by Crippen LogP contribution is -2.56. The number of rotatable bonds is 8. The molecule has 0 aliphatic rings. The number of hydrogen-bond donors (Lipinski definition) is 5. The smallest absolute Gasteiger partial charge is 0.0882 e. The topological polar surface area (TPSA) is 97.9 Å². The molecule has 0 saturated heterocycles. The number of fused-ring (bicyclic) bond motifs is 1. The summed E-state index contributed by atoms with van der Waals surface area (Å²) in [5, 5.41) is 42.2. The predicted molar refractivity (Wildman–Crippen MR) is 89.4 cm³/mol. The van der Waals surface area contributed by atoms with Crippen LogP contribution in [0, 0.1) is 13.8 Å². The van der Waals surface area contributed by atoms with E-state index in [0.29, 0.717) is 6.54 Å². The average Bonchev–Trinajstić information content (AvgIpc) is 2.82. The number of aryl methyl sites for hydroxylation is 1. The van der Waals surface area contributed by atoms with Gasteiger partial charge in [-0.05, 0) is 25.5 Å². The maximum Gasteiger partial charge on any atom is 0.0882 e. The molecule has 2 rings (SSSR count). The van der Waals surface area contributed by atoms with E-state index in [1.165, 1.54) is 10.9 Å². The summed E-state index contributed by atoms with van der Waals surface area (Å²) in [6, 6.07) is 8.05. The molecule has 0 aliphatic heterocycles. The molecule has 0 unspecified atom stereocenters. The molecule has 1 aromatic heterocycles. The van der Waals surface area contributed by atoms with E-state index in [2.05, 4.69) is 22.9 Å². The van der Waals surface area contributed by atoms with E-state index in [0.717, 1.165) is 11.2 Å². The first-order chi connectivity index (χ1) is 11.0. The van der Waals surface area contributed by atoms with Crippen LogP contribution in [0.25, 0.3) is 10.9 Å². The molecular weight excluding hydrogens is 296 g/mol. The van der Waals surface area contributed by atoms with Gasteiger partial charge in [0.1, 0.15) is 0 Å². The minimum Gasteiger partial charge on any atom is -0.394 e. The number of aromatic nitrogens is 1. The van der Waals surface area contributed by atoms with Crippen molar-refractivity contribution >= 4 is 10.9 Å². The van der Waals surface area contributed by atoms with Crippen LogP contribution in [0.15, 0.2) is 24.3 Å². The van der Waals surface area contributed by atoms with Crippen LogP contribution in [-0.2, 0) is 6.54 Å². The van der Waals surface area contributed by atoms with E-state index in [-0.39, 0.29) is 6.54 Å². The van der Waals surface area contributed by atoms with Gasteiger partial charge in [0, 0.05) is 23.1 Å². The summed E-state index contributed by atoms with van der Waals surface area (Å²) in [6.45, 7) is 3.42. The monoisotopic (exact) mass is 322 g/mol. The van der Waals surface area contributed by atoms with Crippen LogP contribution in [0.2, 0.25) is 0 Å². The highest BCUT2D eigenvalue weighted by Crippen LogP contribution is 2.25. The molecule has 0 bridgehead atoms. The highest BCUT2D eigenvalue weighted by Gasteiger charge is 2.28. The molecule has 1 aromatic carbocycles. The summed E-state index contributed by atoms with van der Waals surface area (Å²) in [7, 11) is 0. The summed E-state index contributed by atoms with van der Waals surface area (Å²) in [5.74, 6) is 0. The lowest BCUT2D eigenvalue weighted by Gasteiger charge is -2.30. The fraction of sp³-hybridized carbons (Fsp3) is 0.529. The third kappa shape index (κ3) is 3.57. The Morgan fingerprint density at radius 1 is 1.09 bits per heavy atom. The van der Waals surface area contributed by atoms with Crippen LogP contribution in [0.4, 0.5) is 0 Å². The Morgan fingerprint density at radius 3 is 2.30 bits per heavy atom. The SMILES string of the molecule is Cc1c(C)n(C[C@H](O)CNC(CO)(CO)CO)c2ccccc12. The summed E-state index contributed by atoms with van der Waals surface area (Å²) < 4.78 is 2.07. The lowest BCUT2D eigenvalue weighted by atomic mass is 10.0. The van der Waals surface area contributed by atoms with Crippen molar-refractivity contribution in [3.8, 4) is 0 Å². The van der Waals surface area contributed by atoms with E-state index < -0.39 is 31.5 Å². The molecule has 1 heterocycles. The number of benzene rings is 1. The van der Waals surface area contributed by atoms with Gasteiger partial charge in [0.2, 0.25) is 0 Å². The fourth-order valence-corrected chi connectivity index (χ4v) is 2.77. The van der Waals surface area contributed by atoms with Crippen LogP contribution < -0.4 is 5.32 Å². The lowest BCUT2D eigenvalue weighted by molar-refractivity contribution is 0.0306. The van der Waals surface area contributed by atoms with E-state index >= 15 is 0 Å². The van der Waals surface area contributed by atoms with Gasteiger partial charge in [0.05, 0.1) is 38.0 Å². The third-order valence-corrected chi connectivity index (χ3v) is 4.56. The molecule has 5 N–H and O–H groups in total. The van der Waals surface area contributed by atoms with Gasteiger partial charge in [-0.15, -0.1) is 0 Å². The van der Waals surface area contributed by atoms with Crippen LogP contribution in [0.1, 0.15) is 11.3 Å². The molecule has 1 atom stereocenters. The van der Waals surface area contributed by atoms with Gasteiger partial charge in [0.25, 0.3) is 0 Å². The predicted octanol–water partition coefficient (Wildman–Crippen LogP) is -0.0757. The van der Waals surface area contributed by atoms with Crippen molar-refractivity contribution in [1.29, 1.82) is 0 Å².